The number of benzene rings is 6. The summed E-state index contributed by atoms with van der Waals surface area (Å²) in [6.45, 7) is 21.7. The number of hydrogen-bond acceptors (Lipinski definition) is 3. The topological polar surface area (TPSA) is 19.6 Å². The molecule has 0 spiro atoms. The summed E-state index contributed by atoms with van der Waals surface area (Å²) in [5, 5.41) is 1.16. The maximum absolute atomic E-state index is 7.33. The van der Waals surface area contributed by atoms with Crippen molar-refractivity contribution in [3.8, 4) is 0 Å². The second-order valence-electron chi connectivity index (χ2n) is 21.4. The van der Waals surface area contributed by atoms with Gasteiger partial charge in [-0.25, -0.2) is 0 Å². The summed E-state index contributed by atoms with van der Waals surface area (Å²) in [5.74, 6) is 0.255. The van der Waals surface area contributed by atoms with Crippen LogP contribution < -0.4 is 26.4 Å². The zero-order valence-corrected chi connectivity index (χ0v) is 37.6. The van der Waals surface area contributed by atoms with E-state index in [2.05, 4.69) is 200 Å². The molecule has 1 saturated carbocycles. The molecule has 3 unspecified atom stereocenters. The van der Waals surface area contributed by atoms with Gasteiger partial charge in [0.05, 0.1) is 11.3 Å². The SMILES string of the molecule is Cc1cc(C(C)(C)C)ccc1N1c2cc(N(c3ccccc3)c3ccccc3)cc3c2B(c2cc(C(C)(C)C)cc4c2C3CC2(C)CCCCC42C)c2oc3ccccc3c21. The van der Waals surface area contributed by atoms with Gasteiger partial charge in [-0.3, -0.25) is 0 Å². The zero-order chi connectivity index (χ0) is 42.2. The predicted molar refractivity (Wildman–Crippen MR) is 259 cm³/mol. The van der Waals surface area contributed by atoms with Gasteiger partial charge in [0.2, 0.25) is 0 Å². The van der Waals surface area contributed by atoms with Crippen LogP contribution >= 0.6 is 0 Å². The van der Waals surface area contributed by atoms with E-state index in [9.17, 15) is 0 Å². The summed E-state index contributed by atoms with van der Waals surface area (Å²) < 4.78 is 7.33. The summed E-state index contributed by atoms with van der Waals surface area (Å²) in [6, 6.07) is 48.3. The smallest absolute Gasteiger partial charge is 0.293 e. The fourth-order valence-corrected chi connectivity index (χ4v) is 12.2. The van der Waals surface area contributed by atoms with Crippen LogP contribution in [0.5, 0.6) is 0 Å². The highest BCUT2D eigenvalue weighted by molar-refractivity contribution is 6.98. The van der Waals surface area contributed by atoms with Crippen LogP contribution in [0, 0.1) is 12.3 Å². The van der Waals surface area contributed by atoms with E-state index >= 15 is 0 Å². The van der Waals surface area contributed by atoms with Crippen molar-refractivity contribution in [2.45, 2.75) is 117 Å². The Labute approximate surface area is 363 Å². The Morgan fingerprint density at radius 2 is 1.33 bits per heavy atom. The first-order chi connectivity index (χ1) is 29.2. The highest BCUT2D eigenvalue weighted by atomic mass is 16.3. The van der Waals surface area contributed by atoms with E-state index in [0.717, 1.165) is 34.4 Å². The van der Waals surface area contributed by atoms with E-state index < -0.39 is 0 Å². The second-order valence-corrected chi connectivity index (χ2v) is 21.4. The Morgan fingerprint density at radius 1 is 0.672 bits per heavy atom. The molecule has 306 valence electrons. The fourth-order valence-electron chi connectivity index (χ4n) is 12.2. The maximum Gasteiger partial charge on any atom is 0.293 e. The first-order valence-electron chi connectivity index (χ1n) is 22.9. The molecule has 0 bridgehead atoms. The molecule has 7 aromatic rings. The van der Waals surface area contributed by atoms with Gasteiger partial charge in [-0.15, -0.1) is 0 Å². The minimum Gasteiger partial charge on any atom is -0.468 e. The van der Waals surface area contributed by atoms with Crippen molar-refractivity contribution >= 4 is 68.4 Å². The van der Waals surface area contributed by atoms with Crippen LogP contribution in [-0.2, 0) is 16.2 Å². The van der Waals surface area contributed by atoms with Gasteiger partial charge >= 0.3 is 0 Å². The fraction of sp³-hybridized carbons (Fsp3) is 0.333. The minimum atomic E-state index is -0.0439. The molecule has 4 aliphatic rings. The standard InChI is InChI=1S/C57H59BN2O/c1-36-30-37(54(2,3)4)26-27-47(36)60-48-34-41(59(39-20-12-10-13-21-39)40-22-14-11-15-23-40)33-43-44-35-56(8)28-18-19-29-57(56,9)45-31-38(55(5,6)7)32-46(50(44)45)58(51(43)48)53-52(60)42-24-16-17-25-49(42)61-53/h10-17,20-27,30-34,44H,18-19,28-29,35H2,1-9H3. The largest absolute Gasteiger partial charge is 0.468 e. The van der Waals surface area contributed by atoms with Gasteiger partial charge < -0.3 is 14.2 Å². The predicted octanol–water partition coefficient (Wildman–Crippen LogP) is 13.8. The highest BCUT2D eigenvalue weighted by Crippen LogP contribution is 2.63. The van der Waals surface area contributed by atoms with E-state index in [0.29, 0.717) is 0 Å². The molecule has 2 aliphatic heterocycles. The van der Waals surface area contributed by atoms with Crippen LogP contribution in [0.3, 0.4) is 0 Å². The summed E-state index contributed by atoms with van der Waals surface area (Å²) in [4.78, 5) is 5.08. The van der Waals surface area contributed by atoms with Gasteiger partial charge in [0.25, 0.3) is 6.71 Å². The molecule has 4 heteroatoms. The van der Waals surface area contributed by atoms with Crippen molar-refractivity contribution in [3.05, 3.63) is 161 Å². The number of hydrogen-bond donors (Lipinski definition) is 0. The summed E-state index contributed by atoms with van der Waals surface area (Å²) in [5.41, 5.74) is 21.0. The van der Waals surface area contributed by atoms with E-state index in [4.69, 9.17) is 4.42 Å². The summed E-state index contributed by atoms with van der Waals surface area (Å²) in [7, 11) is 0. The Morgan fingerprint density at radius 3 is 2.00 bits per heavy atom. The van der Waals surface area contributed by atoms with Crippen molar-refractivity contribution in [1.82, 2.24) is 0 Å². The molecular weight excluding hydrogens is 739 g/mol. The Bertz CT molecular complexity index is 2840. The number of nitrogens with zero attached hydrogens (tertiary/aromatic N) is 2. The molecule has 11 rings (SSSR count). The van der Waals surface area contributed by atoms with Crippen molar-refractivity contribution in [1.29, 1.82) is 0 Å². The number of rotatable bonds is 4. The van der Waals surface area contributed by atoms with Gasteiger partial charge in [0, 0.05) is 39.7 Å². The van der Waals surface area contributed by atoms with Crippen LogP contribution in [-0.4, -0.2) is 6.71 Å². The van der Waals surface area contributed by atoms with E-state index in [-0.39, 0.29) is 34.3 Å². The third-order valence-electron chi connectivity index (χ3n) is 15.7. The quantitative estimate of drug-likeness (QED) is 0.165. The maximum atomic E-state index is 7.33. The molecule has 0 radical (unpaired) electrons. The third-order valence-corrected chi connectivity index (χ3v) is 15.7. The van der Waals surface area contributed by atoms with E-state index in [1.807, 2.05) is 0 Å². The number of fused-ring (bicyclic) bond motifs is 8. The second kappa shape index (κ2) is 13.3. The zero-order valence-electron chi connectivity index (χ0n) is 37.6. The molecule has 2 aliphatic carbocycles. The molecule has 6 aromatic carbocycles. The van der Waals surface area contributed by atoms with Crippen LogP contribution in [0.25, 0.3) is 11.0 Å². The number of furan rings is 1. The molecule has 0 saturated heterocycles. The van der Waals surface area contributed by atoms with Crippen molar-refractivity contribution in [3.63, 3.8) is 0 Å². The molecule has 61 heavy (non-hydrogen) atoms. The van der Waals surface area contributed by atoms with Gasteiger partial charge in [-0.1, -0.05) is 146 Å². The molecule has 1 aromatic heterocycles. The Balaban J connectivity index is 1.30. The van der Waals surface area contributed by atoms with Crippen molar-refractivity contribution < 1.29 is 4.42 Å². The monoisotopic (exact) mass is 798 g/mol. The lowest BCUT2D eigenvalue weighted by molar-refractivity contribution is 0.0602. The Kier molecular flexibility index (Phi) is 8.36. The van der Waals surface area contributed by atoms with Gasteiger partial charge in [-0.05, 0) is 141 Å². The average molecular weight is 799 g/mol. The molecule has 0 amide bonds. The van der Waals surface area contributed by atoms with E-state index in [1.165, 1.54) is 81.6 Å². The van der Waals surface area contributed by atoms with Crippen LogP contribution in [0.1, 0.15) is 127 Å². The lowest BCUT2D eigenvalue weighted by Gasteiger charge is -2.58. The summed E-state index contributed by atoms with van der Waals surface area (Å²) in [6.07, 6.45) is 6.24. The molecule has 0 N–H and O–H groups in total. The Hall–Kier alpha value is -5.48. The van der Waals surface area contributed by atoms with Crippen LogP contribution in [0.4, 0.5) is 34.1 Å². The first kappa shape index (κ1) is 38.4. The molecule has 3 heterocycles. The number of aryl methyl sites for hydroxylation is 1. The highest BCUT2D eigenvalue weighted by Gasteiger charge is 2.57. The third kappa shape index (κ3) is 5.63. The molecule has 3 nitrogen and oxygen atoms in total. The lowest BCUT2D eigenvalue weighted by atomic mass is 9.30. The first-order valence-corrected chi connectivity index (χ1v) is 22.9. The van der Waals surface area contributed by atoms with Crippen LogP contribution in [0.15, 0.2) is 132 Å². The van der Waals surface area contributed by atoms with Gasteiger partial charge in [0.15, 0.2) is 0 Å². The average Bonchev–Trinajstić information content (AvgIpc) is 3.62. The minimum absolute atomic E-state index is 0.0118. The normalized spacial score (nSPS) is 21.4. The van der Waals surface area contributed by atoms with Gasteiger partial charge in [-0.2, -0.15) is 0 Å². The molecular formula is C57H59BN2O. The summed E-state index contributed by atoms with van der Waals surface area (Å²) >= 11 is 0. The molecule has 3 atom stereocenters. The van der Waals surface area contributed by atoms with Crippen molar-refractivity contribution in [2.75, 3.05) is 9.80 Å². The van der Waals surface area contributed by atoms with Crippen molar-refractivity contribution in [2.24, 2.45) is 5.41 Å². The van der Waals surface area contributed by atoms with Gasteiger partial charge in [0.1, 0.15) is 5.58 Å². The lowest BCUT2D eigenvalue weighted by Crippen LogP contribution is -2.64. The molecule has 1 fully saturated rings. The van der Waals surface area contributed by atoms with E-state index in [1.54, 1.807) is 11.1 Å². The van der Waals surface area contributed by atoms with Crippen LogP contribution in [0.2, 0.25) is 0 Å². The number of anilines is 6. The number of para-hydroxylation sites is 3.